The number of fused-ring (bicyclic) bond motifs is 1. The van der Waals surface area contributed by atoms with E-state index < -0.39 is 0 Å². The van der Waals surface area contributed by atoms with Crippen LogP contribution < -0.4 is 10.1 Å². The summed E-state index contributed by atoms with van der Waals surface area (Å²) in [5, 5.41) is 3.49. The SMILES string of the molecule is CCN1C(=O)c2ccccc2NC1c1ccc(OCCc2ccccc2)cc1. The van der Waals surface area contributed by atoms with Gasteiger partial charge in [0.15, 0.2) is 0 Å². The van der Waals surface area contributed by atoms with Gasteiger partial charge in [0.05, 0.1) is 12.2 Å². The molecule has 142 valence electrons. The zero-order valence-corrected chi connectivity index (χ0v) is 16.0. The summed E-state index contributed by atoms with van der Waals surface area (Å²) < 4.78 is 5.88. The fourth-order valence-electron chi connectivity index (χ4n) is 3.56. The number of carbonyl (C=O) groups excluding carboxylic acids is 1. The van der Waals surface area contributed by atoms with E-state index in [0.29, 0.717) is 13.2 Å². The van der Waals surface area contributed by atoms with Gasteiger partial charge in [0.2, 0.25) is 0 Å². The second kappa shape index (κ2) is 8.17. The lowest BCUT2D eigenvalue weighted by atomic mass is 10.0. The quantitative estimate of drug-likeness (QED) is 0.669. The van der Waals surface area contributed by atoms with Crippen molar-refractivity contribution < 1.29 is 9.53 Å². The number of nitrogens with zero attached hydrogens (tertiary/aromatic N) is 1. The Labute approximate surface area is 165 Å². The van der Waals surface area contributed by atoms with Gasteiger partial charge in [-0.2, -0.15) is 0 Å². The number of ether oxygens (including phenoxy) is 1. The fourth-order valence-corrected chi connectivity index (χ4v) is 3.56. The highest BCUT2D eigenvalue weighted by molar-refractivity contribution is 6.01. The summed E-state index contributed by atoms with van der Waals surface area (Å²) >= 11 is 0. The smallest absolute Gasteiger partial charge is 0.257 e. The molecule has 0 radical (unpaired) electrons. The van der Waals surface area contributed by atoms with E-state index in [4.69, 9.17) is 4.74 Å². The number of rotatable bonds is 6. The van der Waals surface area contributed by atoms with Gasteiger partial charge < -0.3 is 15.0 Å². The number of benzene rings is 3. The third kappa shape index (κ3) is 3.72. The molecule has 1 amide bonds. The Morgan fingerprint density at radius 3 is 2.39 bits per heavy atom. The Bertz CT molecular complexity index is 938. The Morgan fingerprint density at radius 1 is 0.929 bits per heavy atom. The van der Waals surface area contributed by atoms with Gasteiger partial charge in [-0.3, -0.25) is 4.79 Å². The summed E-state index contributed by atoms with van der Waals surface area (Å²) in [6.45, 7) is 3.28. The molecule has 1 aliphatic rings. The van der Waals surface area contributed by atoms with Crippen LogP contribution >= 0.6 is 0 Å². The normalized spacial score (nSPS) is 15.7. The van der Waals surface area contributed by atoms with Crippen LogP contribution in [0.4, 0.5) is 5.69 Å². The molecule has 1 unspecified atom stereocenters. The van der Waals surface area contributed by atoms with E-state index >= 15 is 0 Å². The molecule has 0 spiro atoms. The van der Waals surface area contributed by atoms with E-state index in [2.05, 4.69) is 17.4 Å². The summed E-state index contributed by atoms with van der Waals surface area (Å²) in [6, 6.07) is 26.0. The molecular formula is C24H24N2O2. The van der Waals surface area contributed by atoms with Crippen LogP contribution in [0.5, 0.6) is 5.75 Å². The van der Waals surface area contributed by atoms with Crippen molar-refractivity contribution in [2.45, 2.75) is 19.5 Å². The molecule has 1 heterocycles. The molecule has 3 aromatic rings. The maximum atomic E-state index is 12.8. The Kier molecular flexibility index (Phi) is 5.29. The Balaban J connectivity index is 1.45. The van der Waals surface area contributed by atoms with Crippen LogP contribution in [0, 0.1) is 0 Å². The second-order valence-corrected chi connectivity index (χ2v) is 6.84. The number of anilines is 1. The summed E-state index contributed by atoms with van der Waals surface area (Å²) in [7, 11) is 0. The van der Waals surface area contributed by atoms with Crippen LogP contribution in [-0.4, -0.2) is 24.0 Å². The van der Waals surface area contributed by atoms with E-state index in [-0.39, 0.29) is 12.1 Å². The molecule has 4 nitrogen and oxygen atoms in total. The Morgan fingerprint density at radius 2 is 1.64 bits per heavy atom. The highest BCUT2D eigenvalue weighted by atomic mass is 16.5. The first-order valence-electron chi connectivity index (χ1n) is 9.69. The molecular weight excluding hydrogens is 348 g/mol. The molecule has 1 N–H and O–H groups in total. The second-order valence-electron chi connectivity index (χ2n) is 6.84. The number of para-hydroxylation sites is 1. The zero-order valence-electron chi connectivity index (χ0n) is 16.0. The molecule has 1 aliphatic heterocycles. The van der Waals surface area contributed by atoms with E-state index in [1.54, 1.807) is 0 Å². The van der Waals surface area contributed by atoms with E-state index in [1.807, 2.05) is 78.6 Å². The van der Waals surface area contributed by atoms with Crippen LogP contribution in [0.3, 0.4) is 0 Å². The molecule has 4 heteroatoms. The molecule has 0 bridgehead atoms. The highest BCUT2D eigenvalue weighted by Gasteiger charge is 2.31. The van der Waals surface area contributed by atoms with Gasteiger partial charge in [-0.15, -0.1) is 0 Å². The molecule has 0 aromatic heterocycles. The van der Waals surface area contributed by atoms with Crippen molar-refractivity contribution in [3.63, 3.8) is 0 Å². The predicted octanol–water partition coefficient (Wildman–Crippen LogP) is 4.89. The van der Waals surface area contributed by atoms with E-state index in [1.165, 1.54) is 5.56 Å². The van der Waals surface area contributed by atoms with E-state index in [9.17, 15) is 4.79 Å². The highest BCUT2D eigenvalue weighted by Crippen LogP contribution is 2.33. The van der Waals surface area contributed by atoms with Crippen molar-refractivity contribution in [2.75, 3.05) is 18.5 Å². The topological polar surface area (TPSA) is 41.6 Å². The first-order valence-corrected chi connectivity index (χ1v) is 9.69. The van der Waals surface area contributed by atoms with E-state index in [0.717, 1.165) is 29.0 Å². The molecule has 3 aromatic carbocycles. The predicted molar refractivity (Wildman–Crippen MR) is 112 cm³/mol. The van der Waals surface area contributed by atoms with Gasteiger partial charge in [-0.1, -0.05) is 54.6 Å². The zero-order chi connectivity index (χ0) is 19.3. The van der Waals surface area contributed by atoms with Crippen LogP contribution in [0.25, 0.3) is 0 Å². The van der Waals surface area contributed by atoms with Crippen molar-refractivity contribution in [3.05, 3.63) is 95.6 Å². The van der Waals surface area contributed by atoms with Gasteiger partial charge in [-0.25, -0.2) is 0 Å². The summed E-state index contributed by atoms with van der Waals surface area (Å²) in [6.07, 6.45) is 0.701. The monoisotopic (exact) mass is 372 g/mol. The third-order valence-corrected chi connectivity index (χ3v) is 5.06. The Hall–Kier alpha value is -3.27. The minimum absolute atomic E-state index is 0.0602. The van der Waals surface area contributed by atoms with Crippen molar-refractivity contribution in [1.29, 1.82) is 0 Å². The van der Waals surface area contributed by atoms with Gasteiger partial charge in [-0.05, 0) is 42.3 Å². The lowest BCUT2D eigenvalue weighted by Crippen LogP contribution is -2.42. The minimum atomic E-state index is -0.175. The van der Waals surface area contributed by atoms with Crippen LogP contribution in [-0.2, 0) is 6.42 Å². The van der Waals surface area contributed by atoms with Gasteiger partial charge in [0, 0.05) is 18.7 Å². The molecule has 0 fully saturated rings. The molecule has 4 rings (SSSR count). The van der Waals surface area contributed by atoms with Gasteiger partial charge in [0.1, 0.15) is 11.9 Å². The molecule has 0 saturated carbocycles. The van der Waals surface area contributed by atoms with Crippen molar-refractivity contribution >= 4 is 11.6 Å². The first kappa shape index (κ1) is 18.1. The van der Waals surface area contributed by atoms with Crippen LogP contribution in [0.1, 0.15) is 34.6 Å². The number of nitrogens with one attached hydrogen (secondary N) is 1. The molecule has 28 heavy (non-hydrogen) atoms. The van der Waals surface area contributed by atoms with Crippen LogP contribution in [0.15, 0.2) is 78.9 Å². The van der Waals surface area contributed by atoms with Gasteiger partial charge in [0.25, 0.3) is 5.91 Å². The minimum Gasteiger partial charge on any atom is -0.493 e. The molecule has 0 saturated heterocycles. The fraction of sp³-hybridized carbons (Fsp3) is 0.208. The van der Waals surface area contributed by atoms with Crippen molar-refractivity contribution in [3.8, 4) is 5.75 Å². The average molecular weight is 372 g/mol. The number of hydrogen-bond donors (Lipinski definition) is 1. The first-order chi connectivity index (χ1) is 13.8. The standard InChI is InChI=1S/C24H24N2O2/c1-2-26-23(25-22-11-7-6-10-21(22)24(26)27)19-12-14-20(15-13-19)28-17-16-18-8-4-3-5-9-18/h3-15,23,25H,2,16-17H2,1H3. The maximum absolute atomic E-state index is 12.8. The van der Waals surface area contributed by atoms with Crippen molar-refractivity contribution in [2.24, 2.45) is 0 Å². The largest absolute Gasteiger partial charge is 0.493 e. The number of hydrogen-bond acceptors (Lipinski definition) is 3. The van der Waals surface area contributed by atoms with Crippen LogP contribution in [0.2, 0.25) is 0 Å². The van der Waals surface area contributed by atoms with Gasteiger partial charge >= 0.3 is 0 Å². The number of amides is 1. The van der Waals surface area contributed by atoms with Crippen molar-refractivity contribution in [1.82, 2.24) is 4.90 Å². The average Bonchev–Trinajstić information content (AvgIpc) is 2.75. The molecule has 0 aliphatic carbocycles. The number of carbonyl (C=O) groups is 1. The lowest BCUT2D eigenvalue weighted by Gasteiger charge is -2.37. The molecule has 1 atom stereocenters. The third-order valence-electron chi connectivity index (χ3n) is 5.06. The summed E-state index contributed by atoms with van der Waals surface area (Å²) in [5.74, 6) is 0.898. The summed E-state index contributed by atoms with van der Waals surface area (Å²) in [4.78, 5) is 14.7. The summed E-state index contributed by atoms with van der Waals surface area (Å²) in [5.41, 5.74) is 3.91. The lowest BCUT2D eigenvalue weighted by molar-refractivity contribution is 0.0695. The maximum Gasteiger partial charge on any atom is 0.257 e.